The lowest BCUT2D eigenvalue weighted by Crippen LogP contribution is -2.14. The molecule has 1 aliphatic carbocycles. The number of anilines is 1. The molecule has 1 amide bonds. The lowest BCUT2D eigenvalue weighted by atomic mass is 10.1. The zero-order valence-electron chi connectivity index (χ0n) is 14.0. The SMILES string of the molecule is COC(=O)c1c(NC(=O)c2cccc(C)c2)sc2c1CCCCC2. The van der Waals surface area contributed by atoms with E-state index >= 15 is 0 Å². The number of rotatable bonds is 3. The number of hydrogen-bond donors (Lipinski definition) is 1. The molecule has 0 spiro atoms. The first kappa shape index (κ1) is 16.7. The normalized spacial score (nSPS) is 13.8. The Morgan fingerprint density at radius 1 is 1.17 bits per heavy atom. The third-order valence-corrected chi connectivity index (χ3v) is 5.53. The predicted octanol–water partition coefficient (Wildman–Crippen LogP) is 4.36. The number of nitrogens with one attached hydrogen (secondary N) is 1. The molecule has 0 radical (unpaired) electrons. The quantitative estimate of drug-likeness (QED) is 0.665. The maximum absolute atomic E-state index is 12.6. The average Bonchev–Trinajstić information content (AvgIpc) is 2.75. The highest BCUT2D eigenvalue weighted by Gasteiger charge is 2.26. The molecule has 126 valence electrons. The Morgan fingerprint density at radius 2 is 1.96 bits per heavy atom. The Morgan fingerprint density at radius 3 is 2.71 bits per heavy atom. The fourth-order valence-corrected chi connectivity index (χ4v) is 4.38. The minimum atomic E-state index is -0.367. The van der Waals surface area contributed by atoms with Crippen LogP contribution in [0.25, 0.3) is 0 Å². The Hall–Kier alpha value is -2.14. The van der Waals surface area contributed by atoms with E-state index in [9.17, 15) is 9.59 Å². The van der Waals surface area contributed by atoms with Gasteiger partial charge in [-0.25, -0.2) is 4.79 Å². The second-order valence-electron chi connectivity index (χ2n) is 6.08. The monoisotopic (exact) mass is 343 g/mol. The van der Waals surface area contributed by atoms with Crippen LogP contribution in [0, 0.1) is 6.92 Å². The van der Waals surface area contributed by atoms with E-state index in [2.05, 4.69) is 5.32 Å². The Bertz CT molecular complexity index is 779. The van der Waals surface area contributed by atoms with E-state index in [-0.39, 0.29) is 11.9 Å². The second-order valence-corrected chi connectivity index (χ2v) is 7.19. The van der Waals surface area contributed by atoms with Crippen molar-refractivity contribution in [2.24, 2.45) is 0 Å². The van der Waals surface area contributed by atoms with Crippen LogP contribution in [0.5, 0.6) is 0 Å². The highest BCUT2D eigenvalue weighted by molar-refractivity contribution is 7.17. The highest BCUT2D eigenvalue weighted by Crippen LogP contribution is 2.38. The van der Waals surface area contributed by atoms with Crippen molar-refractivity contribution in [3.8, 4) is 0 Å². The van der Waals surface area contributed by atoms with Crippen LogP contribution in [0.3, 0.4) is 0 Å². The molecule has 0 atom stereocenters. The zero-order chi connectivity index (χ0) is 17.1. The van der Waals surface area contributed by atoms with E-state index in [1.54, 1.807) is 6.07 Å². The lowest BCUT2D eigenvalue weighted by Gasteiger charge is -2.08. The van der Waals surface area contributed by atoms with Gasteiger partial charge in [0.05, 0.1) is 12.7 Å². The van der Waals surface area contributed by atoms with Crippen LogP contribution in [-0.2, 0) is 17.6 Å². The van der Waals surface area contributed by atoms with Gasteiger partial charge in [-0.2, -0.15) is 0 Å². The summed E-state index contributed by atoms with van der Waals surface area (Å²) in [5.74, 6) is -0.561. The van der Waals surface area contributed by atoms with Crippen molar-refractivity contribution < 1.29 is 14.3 Å². The predicted molar refractivity (Wildman–Crippen MR) is 96.0 cm³/mol. The van der Waals surface area contributed by atoms with E-state index in [0.29, 0.717) is 16.1 Å². The summed E-state index contributed by atoms with van der Waals surface area (Å²) in [5.41, 5.74) is 3.22. The van der Waals surface area contributed by atoms with Gasteiger partial charge in [0.15, 0.2) is 0 Å². The molecule has 0 unspecified atom stereocenters. The molecule has 2 aromatic rings. The second kappa shape index (κ2) is 7.18. The number of hydrogen-bond acceptors (Lipinski definition) is 4. The number of carbonyl (C=O) groups excluding carboxylic acids is 2. The molecule has 0 fully saturated rings. The summed E-state index contributed by atoms with van der Waals surface area (Å²) in [6, 6.07) is 7.42. The minimum Gasteiger partial charge on any atom is -0.465 e. The average molecular weight is 343 g/mol. The molecule has 1 N–H and O–H groups in total. The van der Waals surface area contributed by atoms with E-state index in [1.807, 2.05) is 25.1 Å². The summed E-state index contributed by atoms with van der Waals surface area (Å²) in [5, 5.41) is 3.54. The van der Waals surface area contributed by atoms with Gasteiger partial charge in [-0.15, -0.1) is 11.3 Å². The summed E-state index contributed by atoms with van der Waals surface area (Å²) in [7, 11) is 1.38. The molecule has 0 bridgehead atoms. The maximum atomic E-state index is 12.6. The topological polar surface area (TPSA) is 55.4 Å². The van der Waals surface area contributed by atoms with E-state index in [1.165, 1.54) is 29.7 Å². The third kappa shape index (κ3) is 3.36. The van der Waals surface area contributed by atoms with Gasteiger partial charge in [-0.05, 0) is 50.3 Å². The fourth-order valence-electron chi connectivity index (χ4n) is 3.11. The first-order valence-corrected chi connectivity index (χ1v) is 9.02. The van der Waals surface area contributed by atoms with Crippen molar-refractivity contribution in [2.75, 3.05) is 12.4 Å². The van der Waals surface area contributed by atoms with Gasteiger partial charge in [-0.1, -0.05) is 24.1 Å². The number of methoxy groups -OCH3 is 1. The molecule has 3 rings (SSSR count). The first-order valence-electron chi connectivity index (χ1n) is 8.21. The van der Waals surface area contributed by atoms with Crippen molar-refractivity contribution >= 4 is 28.2 Å². The zero-order valence-corrected chi connectivity index (χ0v) is 14.8. The van der Waals surface area contributed by atoms with E-state index in [0.717, 1.165) is 36.8 Å². The molecule has 0 saturated carbocycles. The van der Waals surface area contributed by atoms with Gasteiger partial charge in [0, 0.05) is 10.4 Å². The number of amides is 1. The van der Waals surface area contributed by atoms with Crippen LogP contribution < -0.4 is 5.32 Å². The fraction of sp³-hybridized carbons (Fsp3) is 0.368. The van der Waals surface area contributed by atoms with Gasteiger partial charge in [0.2, 0.25) is 0 Å². The van der Waals surface area contributed by atoms with Gasteiger partial charge >= 0.3 is 5.97 Å². The third-order valence-electron chi connectivity index (χ3n) is 4.32. The van der Waals surface area contributed by atoms with Crippen LogP contribution in [0.2, 0.25) is 0 Å². The Kier molecular flexibility index (Phi) is 5.00. The maximum Gasteiger partial charge on any atom is 0.341 e. The van der Waals surface area contributed by atoms with Gasteiger partial charge in [-0.3, -0.25) is 4.79 Å². The molecular formula is C19H21NO3S. The summed E-state index contributed by atoms with van der Waals surface area (Å²) >= 11 is 1.51. The Labute approximate surface area is 145 Å². The van der Waals surface area contributed by atoms with E-state index in [4.69, 9.17) is 4.74 Å². The first-order chi connectivity index (χ1) is 11.6. The van der Waals surface area contributed by atoms with Crippen molar-refractivity contribution in [3.05, 3.63) is 51.4 Å². The summed E-state index contributed by atoms with van der Waals surface area (Å²) in [4.78, 5) is 26.0. The molecule has 1 aliphatic rings. The number of carbonyl (C=O) groups is 2. The largest absolute Gasteiger partial charge is 0.465 e. The van der Waals surface area contributed by atoms with Crippen molar-refractivity contribution in [1.29, 1.82) is 0 Å². The molecule has 1 aromatic heterocycles. The molecule has 4 nitrogen and oxygen atoms in total. The van der Waals surface area contributed by atoms with Crippen LogP contribution in [0.1, 0.15) is 56.0 Å². The molecule has 0 aliphatic heterocycles. The van der Waals surface area contributed by atoms with Crippen LogP contribution in [0.15, 0.2) is 24.3 Å². The lowest BCUT2D eigenvalue weighted by molar-refractivity contribution is 0.0601. The molecule has 1 aromatic carbocycles. The number of fused-ring (bicyclic) bond motifs is 1. The van der Waals surface area contributed by atoms with Gasteiger partial charge < -0.3 is 10.1 Å². The number of esters is 1. The summed E-state index contributed by atoms with van der Waals surface area (Å²) < 4.78 is 4.96. The minimum absolute atomic E-state index is 0.194. The van der Waals surface area contributed by atoms with Crippen molar-refractivity contribution in [2.45, 2.75) is 39.0 Å². The van der Waals surface area contributed by atoms with Gasteiger partial charge in [0.1, 0.15) is 5.00 Å². The molecular weight excluding hydrogens is 322 g/mol. The summed E-state index contributed by atoms with van der Waals surface area (Å²) in [6.45, 7) is 1.95. The number of benzene rings is 1. The van der Waals surface area contributed by atoms with Gasteiger partial charge in [0.25, 0.3) is 5.91 Å². The standard InChI is InChI=1S/C19H21NO3S/c1-12-7-6-8-13(11-12)17(21)20-18-16(19(22)23-2)14-9-4-3-5-10-15(14)24-18/h6-8,11H,3-5,9-10H2,1-2H3,(H,20,21). The van der Waals surface area contributed by atoms with Crippen molar-refractivity contribution in [3.63, 3.8) is 0 Å². The highest BCUT2D eigenvalue weighted by atomic mass is 32.1. The van der Waals surface area contributed by atoms with Crippen LogP contribution in [0.4, 0.5) is 5.00 Å². The van der Waals surface area contributed by atoms with Crippen LogP contribution in [-0.4, -0.2) is 19.0 Å². The molecule has 1 heterocycles. The number of thiophene rings is 1. The number of aryl methyl sites for hydroxylation is 2. The molecule has 0 saturated heterocycles. The Balaban J connectivity index is 1.95. The van der Waals surface area contributed by atoms with E-state index < -0.39 is 0 Å². The smallest absolute Gasteiger partial charge is 0.341 e. The molecule has 5 heteroatoms. The summed E-state index contributed by atoms with van der Waals surface area (Å²) in [6.07, 6.45) is 5.20. The number of ether oxygens (including phenoxy) is 1. The molecule has 24 heavy (non-hydrogen) atoms. The van der Waals surface area contributed by atoms with Crippen LogP contribution >= 0.6 is 11.3 Å². The van der Waals surface area contributed by atoms with Crippen molar-refractivity contribution in [1.82, 2.24) is 0 Å².